The summed E-state index contributed by atoms with van der Waals surface area (Å²) >= 11 is 0. The first kappa shape index (κ1) is 23.7. The average Bonchev–Trinajstić information content (AvgIpc) is 3.18. The second-order valence-corrected chi connectivity index (χ2v) is 5.99. The second kappa shape index (κ2) is 14.7. The van der Waals surface area contributed by atoms with E-state index in [0.29, 0.717) is 0 Å². The van der Waals surface area contributed by atoms with Crippen LogP contribution in [0.15, 0.2) is 60.8 Å². The number of hydrogen-bond acceptors (Lipinski definition) is 2. The van der Waals surface area contributed by atoms with Gasteiger partial charge in [-0.15, -0.1) is 0 Å². The van der Waals surface area contributed by atoms with Gasteiger partial charge >= 0.3 is 0 Å². The Labute approximate surface area is 171 Å². The molecule has 0 unspecified atom stereocenters. The average molecular weight is 380 g/mol. The molecular weight excluding hydrogens is 342 g/mol. The molecule has 3 rings (SSSR count). The molecule has 1 aromatic heterocycles. The molecule has 0 atom stereocenters. The van der Waals surface area contributed by atoms with Gasteiger partial charge in [0, 0.05) is 30.2 Å². The minimum absolute atomic E-state index is 0.900. The van der Waals surface area contributed by atoms with Crippen LogP contribution in [0, 0.1) is 0 Å². The molecule has 0 aliphatic heterocycles. The molecular formula is C25H37N3. The monoisotopic (exact) mass is 379 g/mol. The fourth-order valence-electron chi connectivity index (χ4n) is 2.85. The smallest absolute Gasteiger partial charge is 0.0456 e. The van der Waals surface area contributed by atoms with Gasteiger partial charge in [-0.1, -0.05) is 82.3 Å². The third-order valence-corrected chi connectivity index (χ3v) is 4.19. The summed E-state index contributed by atoms with van der Waals surface area (Å²) < 4.78 is 0. The highest BCUT2D eigenvalue weighted by molar-refractivity contribution is 5.83. The molecule has 0 fully saturated rings. The Morgan fingerprint density at radius 3 is 2.36 bits per heavy atom. The summed E-state index contributed by atoms with van der Waals surface area (Å²) in [5.74, 6) is 0. The number of benzene rings is 2. The number of nitrogens with one attached hydrogen (secondary N) is 3. The van der Waals surface area contributed by atoms with Gasteiger partial charge in [-0.3, -0.25) is 0 Å². The summed E-state index contributed by atoms with van der Waals surface area (Å²) in [5, 5.41) is 7.97. The highest BCUT2D eigenvalue weighted by atomic mass is 14.8. The van der Waals surface area contributed by atoms with Crippen molar-refractivity contribution in [1.29, 1.82) is 0 Å². The predicted molar refractivity (Wildman–Crippen MR) is 126 cm³/mol. The van der Waals surface area contributed by atoms with E-state index in [0.717, 1.165) is 26.1 Å². The number of hydrogen-bond donors (Lipinski definition) is 3. The Morgan fingerprint density at radius 1 is 0.929 bits per heavy atom. The maximum Gasteiger partial charge on any atom is 0.0456 e. The molecule has 0 saturated heterocycles. The lowest BCUT2D eigenvalue weighted by atomic mass is 10.1. The third kappa shape index (κ3) is 7.71. The van der Waals surface area contributed by atoms with Crippen LogP contribution in [0.4, 0.5) is 0 Å². The highest BCUT2D eigenvalue weighted by Crippen LogP contribution is 2.17. The van der Waals surface area contributed by atoms with E-state index < -0.39 is 0 Å². The van der Waals surface area contributed by atoms with Gasteiger partial charge in [-0.25, -0.2) is 0 Å². The third-order valence-electron chi connectivity index (χ3n) is 4.19. The number of H-pyrrole nitrogens is 1. The predicted octanol–water partition coefficient (Wildman–Crippen LogP) is 5.79. The van der Waals surface area contributed by atoms with Crippen molar-refractivity contribution < 1.29 is 0 Å². The van der Waals surface area contributed by atoms with Crippen molar-refractivity contribution in [2.75, 3.05) is 20.1 Å². The molecule has 3 aromatic rings. The summed E-state index contributed by atoms with van der Waals surface area (Å²) in [7, 11) is 1.95. The number of aromatic nitrogens is 1. The molecule has 2 aromatic carbocycles. The molecule has 0 amide bonds. The van der Waals surface area contributed by atoms with Crippen LogP contribution in [-0.2, 0) is 13.0 Å². The molecule has 0 saturated carbocycles. The summed E-state index contributed by atoms with van der Waals surface area (Å²) in [6, 6.07) is 17.2. The fourth-order valence-corrected chi connectivity index (χ4v) is 2.85. The molecule has 0 aliphatic rings. The Bertz CT molecular complexity index is 785. The molecule has 28 heavy (non-hydrogen) atoms. The van der Waals surface area contributed by atoms with Crippen molar-refractivity contribution in [2.24, 2.45) is 0 Å². The molecule has 3 N–H and O–H groups in total. The first-order chi connectivity index (χ1) is 13.9. The lowest BCUT2D eigenvalue weighted by molar-refractivity contribution is 0.688. The SMILES string of the molecule is CC.CC.CNC/C=C/c1ccc(CNCCc2c[nH]c3ccccc23)cc1. The van der Waals surface area contributed by atoms with E-state index in [9.17, 15) is 0 Å². The van der Waals surface area contributed by atoms with E-state index in [1.165, 1.54) is 27.6 Å². The number of aromatic amines is 1. The van der Waals surface area contributed by atoms with Crippen LogP contribution >= 0.6 is 0 Å². The maximum absolute atomic E-state index is 3.53. The molecule has 1 heterocycles. The van der Waals surface area contributed by atoms with E-state index >= 15 is 0 Å². The Balaban J connectivity index is 0.000000921. The van der Waals surface area contributed by atoms with Crippen LogP contribution < -0.4 is 10.6 Å². The molecule has 152 valence electrons. The first-order valence-corrected chi connectivity index (χ1v) is 10.5. The van der Waals surface area contributed by atoms with Crippen LogP contribution in [0.5, 0.6) is 0 Å². The van der Waals surface area contributed by atoms with E-state index in [-0.39, 0.29) is 0 Å². The molecule has 3 heteroatoms. The van der Waals surface area contributed by atoms with Gasteiger partial charge in [0.05, 0.1) is 0 Å². The normalized spacial score (nSPS) is 10.3. The zero-order valence-corrected chi connectivity index (χ0v) is 18.2. The van der Waals surface area contributed by atoms with Crippen LogP contribution in [-0.4, -0.2) is 25.1 Å². The lowest BCUT2D eigenvalue weighted by Gasteiger charge is -2.05. The van der Waals surface area contributed by atoms with Crippen LogP contribution in [0.25, 0.3) is 17.0 Å². The van der Waals surface area contributed by atoms with Crippen molar-refractivity contribution in [3.05, 3.63) is 77.5 Å². The van der Waals surface area contributed by atoms with E-state index in [1.54, 1.807) is 0 Å². The summed E-state index contributed by atoms with van der Waals surface area (Å²) in [4.78, 5) is 3.34. The topological polar surface area (TPSA) is 39.8 Å². The minimum atomic E-state index is 0.900. The van der Waals surface area contributed by atoms with Crippen molar-refractivity contribution >= 4 is 17.0 Å². The van der Waals surface area contributed by atoms with E-state index in [1.807, 2.05) is 34.7 Å². The zero-order chi connectivity index (χ0) is 20.6. The van der Waals surface area contributed by atoms with Crippen molar-refractivity contribution in [2.45, 2.75) is 40.7 Å². The van der Waals surface area contributed by atoms with Gasteiger partial charge in [-0.05, 0) is 42.8 Å². The molecule has 0 bridgehead atoms. The standard InChI is InChI=1S/C21H25N3.2C2H6/c1-22-13-4-5-17-8-10-18(11-9-17)15-23-14-12-19-16-24-21-7-3-2-6-20(19)21;2*1-2/h2-11,16,22-24H,12-15H2,1H3;2*1-2H3/b5-4+;;. The Morgan fingerprint density at radius 2 is 1.64 bits per heavy atom. The zero-order valence-electron chi connectivity index (χ0n) is 18.2. The van der Waals surface area contributed by atoms with Gasteiger partial charge in [-0.2, -0.15) is 0 Å². The van der Waals surface area contributed by atoms with E-state index in [2.05, 4.69) is 82.5 Å². The van der Waals surface area contributed by atoms with Crippen molar-refractivity contribution in [1.82, 2.24) is 15.6 Å². The van der Waals surface area contributed by atoms with E-state index in [4.69, 9.17) is 0 Å². The quantitative estimate of drug-likeness (QED) is 0.434. The molecule has 0 aliphatic carbocycles. The number of para-hydroxylation sites is 1. The highest BCUT2D eigenvalue weighted by Gasteiger charge is 2.02. The summed E-state index contributed by atoms with van der Waals surface area (Å²) in [6.45, 7) is 10.8. The van der Waals surface area contributed by atoms with Crippen LogP contribution in [0.3, 0.4) is 0 Å². The number of rotatable bonds is 8. The largest absolute Gasteiger partial charge is 0.361 e. The first-order valence-electron chi connectivity index (χ1n) is 10.5. The fraction of sp³-hybridized carbons (Fsp3) is 0.360. The molecule has 0 spiro atoms. The van der Waals surface area contributed by atoms with Crippen molar-refractivity contribution in [3.8, 4) is 0 Å². The van der Waals surface area contributed by atoms with Crippen LogP contribution in [0.2, 0.25) is 0 Å². The molecule has 0 radical (unpaired) electrons. The second-order valence-electron chi connectivity index (χ2n) is 5.99. The summed E-state index contributed by atoms with van der Waals surface area (Å²) in [6.07, 6.45) is 7.44. The molecule has 3 nitrogen and oxygen atoms in total. The summed E-state index contributed by atoms with van der Waals surface area (Å²) in [5.41, 5.74) is 5.16. The Kier molecular flexibility index (Phi) is 12.4. The number of likely N-dealkylation sites (N-methyl/N-ethyl adjacent to an activating group) is 1. The number of fused-ring (bicyclic) bond motifs is 1. The maximum atomic E-state index is 3.53. The van der Waals surface area contributed by atoms with Gasteiger partial charge in [0.25, 0.3) is 0 Å². The Hall–Kier alpha value is -2.36. The lowest BCUT2D eigenvalue weighted by Crippen LogP contribution is -2.16. The van der Waals surface area contributed by atoms with Crippen LogP contribution in [0.1, 0.15) is 44.4 Å². The van der Waals surface area contributed by atoms with Crippen molar-refractivity contribution in [3.63, 3.8) is 0 Å². The van der Waals surface area contributed by atoms with Gasteiger partial charge in [0.2, 0.25) is 0 Å². The minimum Gasteiger partial charge on any atom is -0.361 e. The van der Waals surface area contributed by atoms with Gasteiger partial charge < -0.3 is 15.6 Å². The van der Waals surface area contributed by atoms with Gasteiger partial charge in [0.1, 0.15) is 0 Å². The van der Waals surface area contributed by atoms with Gasteiger partial charge in [0.15, 0.2) is 0 Å².